The van der Waals surface area contributed by atoms with Crippen molar-refractivity contribution >= 4 is 11.7 Å². The molecule has 2 N–H and O–H groups in total. The summed E-state index contributed by atoms with van der Waals surface area (Å²) in [6.07, 6.45) is -3.48. The van der Waals surface area contributed by atoms with E-state index >= 15 is 0 Å². The van der Waals surface area contributed by atoms with Crippen LogP contribution in [0.3, 0.4) is 0 Å². The number of phenols is 1. The summed E-state index contributed by atoms with van der Waals surface area (Å²) < 4.78 is 56.4. The third kappa shape index (κ3) is 6.27. The number of carbonyl (C=O) groups excluding carboxylic acids is 2. The Labute approximate surface area is 225 Å². The molecule has 4 atom stereocenters. The van der Waals surface area contributed by atoms with Crippen LogP contribution in [0.4, 0.5) is 17.6 Å². The maximum absolute atomic E-state index is 14.8. The van der Waals surface area contributed by atoms with Crippen molar-refractivity contribution in [3.63, 3.8) is 0 Å². The van der Waals surface area contributed by atoms with Crippen LogP contribution < -0.4 is 0 Å². The first-order valence-electron chi connectivity index (χ1n) is 13.3. The molecule has 1 amide bonds. The SMILES string of the molecule is Cc1c(F)cccc1[C@@H]1[C@@H](C(=O)c2cccc(O)c2)CN(CCCCO)C[C@H]1C(=O)N1CCC[C@H]1C(F)(F)F. The number of Topliss-reactive ketones (excluding diaryl/α,β-unsaturated/α-hetero) is 1. The molecule has 0 aromatic heterocycles. The number of phenolic OH excluding ortho intramolecular Hbond substituents is 1. The number of aromatic hydroxyl groups is 1. The van der Waals surface area contributed by atoms with Crippen molar-refractivity contribution in [1.82, 2.24) is 9.80 Å². The van der Waals surface area contributed by atoms with Gasteiger partial charge in [-0.25, -0.2) is 4.39 Å². The Morgan fingerprint density at radius 3 is 2.46 bits per heavy atom. The summed E-state index contributed by atoms with van der Waals surface area (Å²) in [7, 11) is 0. The number of carbonyl (C=O) groups is 2. The molecular weight excluding hydrogens is 516 g/mol. The van der Waals surface area contributed by atoms with Crippen molar-refractivity contribution < 1.29 is 37.4 Å². The summed E-state index contributed by atoms with van der Waals surface area (Å²) in [6, 6.07) is 8.29. The molecule has 2 aliphatic rings. The maximum Gasteiger partial charge on any atom is 0.408 e. The van der Waals surface area contributed by atoms with E-state index in [0.717, 1.165) is 4.90 Å². The second-order valence-electron chi connectivity index (χ2n) is 10.5. The molecular formula is C29H34F4N2O4. The average molecular weight is 551 g/mol. The molecule has 39 heavy (non-hydrogen) atoms. The third-order valence-electron chi connectivity index (χ3n) is 8.03. The van der Waals surface area contributed by atoms with Gasteiger partial charge < -0.3 is 20.0 Å². The van der Waals surface area contributed by atoms with E-state index < -0.39 is 41.7 Å². The third-order valence-corrected chi connectivity index (χ3v) is 8.03. The predicted octanol–water partition coefficient (Wildman–Crippen LogP) is 4.68. The summed E-state index contributed by atoms with van der Waals surface area (Å²) in [5, 5.41) is 19.3. The number of nitrogens with zero attached hydrogens (tertiary/aromatic N) is 2. The monoisotopic (exact) mass is 550 g/mol. The second-order valence-corrected chi connectivity index (χ2v) is 10.5. The zero-order valence-electron chi connectivity index (χ0n) is 21.8. The smallest absolute Gasteiger partial charge is 0.408 e. The van der Waals surface area contributed by atoms with Crippen molar-refractivity contribution in [2.75, 3.05) is 32.8 Å². The van der Waals surface area contributed by atoms with Crippen LogP contribution in [-0.2, 0) is 4.79 Å². The fraction of sp³-hybridized carbons (Fsp3) is 0.517. The number of aliphatic hydroxyl groups is 1. The number of hydrogen-bond acceptors (Lipinski definition) is 5. The first-order chi connectivity index (χ1) is 18.5. The molecule has 10 heteroatoms. The highest BCUT2D eigenvalue weighted by molar-refractivity contribution is 5.99. The van der Waals surface area contributed by atoms with Crippen LogP contribution in [0.5, 0.6) is 5.75 Å². The first kappa shape index (κ1) is 29.0. The normalized spacial score (nSPS) is 24.2. The number of amides is 1. The molecule has 2 heterocycles. The van der Waals surface area contributed by atoms with Gasteiger partial charge in [0.1, 0.15) is 17.6 Å². The molecule has 0 radical (unpaired) electrons. The molecule has 2 aliphatic heterocycles. The highest BCUT2D eigenvalue weighted by Crippen LogP contribution is 2.44. The highest BCUT2D eigenvalue weighted by Gasteiger charge is 2.52. The van der Waals surface area contributed by atoms with Crippen LogP contribution in [0.1, 0.15) is 53.1 Å². The Hall–Kier alpha value is -2.98. The molecule has 4 rings (SSSR count). The number of hydrogen-bond donors (Lipinski definition) is 2. The van der Waals surface area contributed by atoms with Crippen LogP contribution >= 0.6 is 0 Å². The van der Waals surface area contributed by atoms with Crippen LogP contribution in [0, 0.1) is 24.6 Å². The van der Waals surface area contributed by atoms with E-state index in [1.807, 2.05) is 4.90 Å². The van der Waals surface area contributed by atoms with Gasteiger partial charge in [-0.15, -0.1) is 0 Å². The molecule has 6 nitrogen and oxygen atoms in total. The van der Waals surface area contributed by atoms with Gasteiger partial charge in [0.05, 0.1) is 5.92 Å². The summed E-state index contributed by atoms with van der Waals surface area (Å²) in [5.41, 5.74) is 0.873. The number of benzene rings is 2. The number of halogens is 4. The van der Waals surface area contributed by atoms with Gasteiger partial charge in [-0.2, -0.15) is 13.2 Å². The van der Waals surface area contributed by atoms with Gasteiger partial charge in [0.15, 0.2) is 5.78 Å². The minimum atomic E-state index is -4.58. The van der Waals surface area contributed by atoms with Crippen LogP contribution in [0.2, 0.25) is 0 Å². The largest absolute Gasteiger partial charge is 0.508 e. The Morgan fingerprint density at radius 1 is 1.05 bits per heavy atom. The number of alkyl halides is 3. The van der Waals surface area contributed by atoms with Crippen molar-refractivity contribution in [2.24, 2.45) is 11.8 Å². The zero-order chi connectivity index (χ0) is 28.3. The molecule has 212 valence electrons. The number of aliphatic hydroxyl groups excluding tert-OH is 1. The van der Waals surface area contributed by atoms with Gasteiger partial charge in [0.2, 0.25) is 5.91 Å². The van der Waals surface area contributed by atoms with Gasteiger partial charge in [-0.05, 0) is 68.5 Å². The minimum absolute atomic E-state index is 0.0337. The Kier molecular flexibility index (Phi) is 8.96. The fourth-order valence-corrected chi connectivity index (χ4v) is 6.12. The van der Waals surface area contributed by atoms with Crippen molar-refractivity contribution in [1.29, 1.82) is 0 Å². The summed E-state index contributed by atoms with van der Waals surface area (Å²) in [4.78, 5) is 30.7. The van der Waals surface area contributed by atoms with E-state index in [1.54, 1.807) is 19.1 Å². The summed E-state index contributed by atoms with van der Waals surface area (Å²) >= 11 is 0. The quantitative estimate of drug-likeness (QED) is 0.284. The Bertz CT molecular complexity index is 1190. The van der Waals surface area contributed by atoms with E-state index in [-0.39, 0.29) is 61.7 Å². The fourth-order valence-electron chi connectivity index (χ4n) is 6.12. The van der Waals surface area contributed by atoms with Gasteiger partial charge in [0, 0.05) is 43.6 Å². The minimum Gasteiger partial charge on any atom is -0.508 e. The summed E-state index contributed by atoms with van der Waals surface area (Å²) in [6.45, 7) is 2.22. The van der Waals surface area contributed by atoms with Gasteiger partial charge >= 0.3 is 6.18 Å². The van der Waals surface area contributed by atoms with Crippen LogP contribution in [0.15, 0.2) is 42.5 Å². The average Bonchev–Trinajstić information content (AvgIpc) is 3.40. The van der Waals surface area contributed by atoms with E-state index in [4.69, 9.17) is 0 Å². The van der Waals surface area contributed by atoms with Crippen LogP contribution in [0.25, 0.3) is 0 Å². The molecule has 0 saturated carbocycles. The van der Waals surface area contributed by atoms with Gasteiger partial charge in [-0.1, -0.05) is 24.3 Å². The summed E-state index contributed by atoms with van der Waals surface area (Å²) in [5.74, 6) is -4.48. The number of piperidine rings is 1. The Balaban J connectivity index is 1.81. The first-order valence-corrected chi connectivity index (χ1v) is 13.3. The molecule has 2 aromatic rings. The van der Waals surface area contributed by atoms with Crippen molar-refractivity contribution in [3.8, 4) is 5.75 Å². The lowest BCUT2D eigenvalue weighted by Gasteiger charge is -2.45. The number of ketones is 1. The van der Waals surface area contributed by atoms with Crippen LogP contribution in [-0.4, -0.2) is 76.7 Å². The molecule has 2 aromatic carbocycles. The number of rotatable bonds is 8. The van der Waals surface area contributed by atoms with E-state index in [2.05, 4.69) is 0 Å². The van der Waals surface area contributed by atoms with E-state index in [9.17, 15) is 37.4 Å². The number of unbranched alkanes of at least 4 members (excludes halogenated alkanes) is 1. The van der Waals surface area contributed by atoms with Gasteiger partial charge in [0.25, 0.3) is 0 Å². The molecule has 0 aliphatic carbocycles. The molecule has 2 fully saturated rings. The van der Waals surface area contributed by atoms with E-state index in [0.29, 0.717) is 24.9 Å². The predicted molar refractivity (Wildman–Crippen MR) is 137 cm³/mol. The lowest BCUT2D eigenvalue weighted by Crippen LogP contribution is -2.55. The molecule has 0 unspecified atom stereocenters. The standard InChI is InChI=1S/C29H34F4N2O4/c1-18-21(9-5-10-24(18)30)26-22(27(38)19-7-4-8-20(37)15-19)16-34(12-2-3-14-36)17-23(26)28(39)35-13-6-11-25(35)29(31,32)33/h4-5,7-10,15,22-23,25-26,36-37H,2-3,6,11-14,16-17H2,1H3/t22-,23+,25-,26+/m0/s1. The van der Waals surface area contributed by atoms with Gasteiger partial charge in [-0.3, -0.25) is 9.59 Å². The lowest BCUT2D eigenvalue weighted by atomic mass is 9.69. The van der Waals surface area contributed by atoms with Crippen molar-refractivity contribution in [3.05, 3.63) is 65.0 Å². The Morgan fingerprint density at radius 2 is 1.77 bits per heavy atom. The van der Waals surface area contributed by atoms with Crippen molar-refractivity contribution in [2.45, 2.75) is 50.7 Å². The molecule has 0 spiro atoms. The lowest BCUT2D eigenvalue weighted by molar-refractivity contribution is -0.185. The number of likely N-dealkylation sites (tertiary alicyclic amines) is 2. The topological polar surface area (TPSA) is 81.1 Å². The molecule has 0 bridgehead atoms. The molecule has 2 saturated heterocycles. The zero-order valence-corrected chi connectivity index (χ0v) is 21.8. The highest BCUT2D eigenvalue weighted by atomic mass is 19.4. The second kappa shape index (κ2) is 12.0. The maximum atomic E-state index is 14.8. The van der Waals surface area contributed by atoms with E-state index in [1.165, 1.54) is 30.3 Å².